The van der Waals surface area contributed by atoms with Crippen LogP contribution in [0, 0.1) is 19.3 Å². The van der Waals surface area contributed by atoms with E-state index in [2.05, 4.69) is 0 Å². The van der Waals surface area contributed by atoms with Gasteiger partial charge in [-0.2, -0.15) is 0 Å². The van der Waals surface area contributed by atoms with Gasteiger partial charge in [0, 0.05) is 9.75 Å². The number of hydrogen-bond donors (Lipinski definition) is 2. The van der Waals surface area contributed by atoms with Gasteiger partial charge in [-0.25, -0.2) is 0 Å². The summed E-state index contributed by atoms with van der Waals surface area (Å²) in [4.78, 5) is 13.5. The van der Waals surface area contributed by atoms with Crippen LogP contribution < -0.4 is 0 Å². The maximum Gasteiger partial charge on any atom is 0.303 e. The lowest BCUT2D eigenvalue weighted by atomic mass is 9.68. The minimum Gasteiger partial charge on any atom is -0.481 e. The van der Waals surface area contributed by atoms with Gasteiger partial charge in [0.25, 0.3) is 0 Å². The average Bonchev–Trinajstić information content (AvgIpc) is 2.68. The van der Waals surface area contributed by atoms with Crippen molar-refractivity contribution in [3.05, 3.63) is 21.4 Å². The van der Waals surface area contributed by atoms with Gasteiger partial charge < -0.3 is 10.2 Å². The number of carboxylic acid groups (broad SMARTS) is 1. The fraction of sp³-hybridized carbons (Fsp3) is 0.688. The zero-order valence-corrected chi connectivity index (χ0v) is 13.1. The standard InChI is InChI=1S/C16H24O3S/c1-11-8-13(12(2)20-11)14(17)9-16(10-15(18)19)6-4-3-5-7-16/h8,14,17H,3-7,9-10H2,1-2H3,(H,18,19). The highest BCUT2D eigenvalue weighted by atomic mass is 32.1. The first-order valence-corrected chi connectivity index (χ1v) is 8.20. The predicted molar refractivity (Wildman–Crippen MR) is 81.1 cm³/mol. The Morgan fingerprint density at radius 2 is 2.00 bits per heavy atom. The van der Waals surface area contributed by atoms with E-state index in [0.717, 1.165) is 36.1 Å². The third-order valence-electron chi connectivity index (χ3n) is 4.51. The van der Waals surface area contributed by atoms with Gasteiger partial charge >= 0.3 is 5.97 Å². The molecule has 0 saturated heterocycles. The molecule has 0 aliphatic heterocycles. The second-order valence-electron chi connectivity index (χ2n) is 6.22. The summed E-state index contributed by atoms with van der Waals surface area (Å²) in [5, 5.41) is 19.8. The van der Waals surface area contributed by atoms with Crippen molar-refractivity contribution in [2.75, 3.05) is 0 Å². The van der Waals surface area contributed by atoms with Crippen LogP contribution in [0.1, 0.15) is 66.4 Å². The zero-order valence-electron chi connectivity index (χ0n) is 12.3. The molecule has 2 N–H and O–H groups in total. The van der Waals surface area contributed by atoms with Crippen LogP contribution in [-0.2, 0) is 4.79 Å². The normalized spacial score (nSPS) is 19.8. The topological polar surface area (TPSA) is 57.5 Å². The second-order valence-corrected chi connectivity index (χ2v) is 7.68. The molecule has 112 valence electrons. The lowest BCUT2D eigenvalue weighted by Gasteiger charge is -2.37. The first kappa shape index (κ1) is 15.5. The smallest absolute Gasteiger partial charge is 0.303 e. The molecule has 1 aliphatic carbocycles. The van der Waals surface area contributed by atoms with Crippen molar-refractivity contribution in [3.63, 3.8) is 0 Å². The number of aliphatic hydroxyl groups is 1. The van der Waals surface area contributed by atoms with Crippen LogP contribution in [-0.4, -0.2) is 16.2 Å². The van der Waals surface area contributed by atoms with Crippen molar-refractivity contribution in [2.24, 2.45) is 5.41 Å². The van der Waals surface area contributed by atoms with E-state index in [-0.39, 0.29) is 11.8 Å². The molecular weight excluding hydrogens is 272 g/mol. The highest BCUT2D eigenvalue weighted by Crippen LogP contribution is 2.46. The molecule has 1 aliphatic rings. The molecule has 0 radical (unpaired) electrons. The first-order chi connectivity index (χ1) is 9.42. The predicted octanol–water partition coefficient (Wildman–Crippen LogP) is 4.21. The monoisotopic (exact) mass is 296 g/mol. The number of thiophene rings is 1. The van der Waals surface area contributed by atoms with E-state index < -0.39 is 12.1 Å². The highest BCUT2D eigenvalue weighted by molar-refractivity contribution is 7.12. The zero-order chi connectivity index (χ0) is 14.8. The number of carboxylic acids is 1. The molecule has 2 rings (SSSR count). The van der Waals surface area contributed by atoms with Crippen molar-refractivity contribution in [1.29, 1.82) is 0 Å². The molecule has 1 saturated carbocycles. The van der Waals surface area contributed by atoms with Crippen LogP contribution in [0.4, 0.5) is 0 Å². The van der Waals surface area contributed by atoms with Crippen molar-refractivity contribution in [1.82, 2.24) is 0 Å². The first-order valence-electron chi connectivity index (χ1n) is 7.39. The summed E-state index contributed by atoms with van der Waals surface area (Å²) in [6, 6.07) is 2.04. The van der Waals surface area contributed by atoms with E-state index in [4.69, 9.17) is 0 Å². The number of hydrogen-bond acceptors (Lipinski definition) is 3. The Kier molecular flexibility index (Phi) is 4.86. The van der Waals surface area contributed by atoms with Crippen LogP contribution >= 0.6 is 11.3 Å². The quantitative estimate of drug-likeness (QED) is 0.855. The lowest BCUT2D eigenvalue weighted by Crippen LogP contribution is -2.29. The summed E-state index contributed by atoms with van der Waals surface area (Å²) in [6.45, 7) is 4.07. The third kappa shape index (κ3) is 3.61. The Labute approximate surface area is 124 Å². The molecule has 1 aromatic heterocycles. The van der Waals surface area contributed by atoms with Crippen molar-refractivity contribution in [3.8, 4) is 0 Å². The molecule has 0 bridgehead atoms. The van der Waals surface area contributed by atoms with Crippen molar-refractivity contribution < 1.29 is 15.0 Å². The lowest BCUT2D eigenvalue weighted by molar-refractivity contribution is -0.141. The number of carbonyl (C=O) groups is 1. The van der Waals surface area contributed by atoms with E-state index >= 15 is 0 Å². The van der Waals surface area contributed by atoms with E-state index in [1.165, 1.54) is 11.3 Å². The summed E-state index contributed by atoms with van der Waals surface area (Å²) < 4.78 is 0. The molecule has 1 atom stereocenters. The fourth-order valence-corrected chi connectivity index (χ4v) is 4.56. The second kappa shape index (κ2) is 6.27. The summed E-state index contributed by atoms with van der Waals surface area (Å²) >= 11 is 1.70. The maximum absolute atomic E-state index is 11.2. The molecule has 0 aromatic carbocycles. The van der Waals surface area contributed by atoms with Gasteiger partial charge in [-0.3, -0.25) is 4.79 Å². The van der Waals surface area contributed by atoms with Crippen LogP contribution in [0.25, 0.3) is 0 Å². The Morgan fingerprint density at radius 1 is 1.35 bits per heavy atom. The van der Waals surface area contributed by atoms with E-state index in [1.54, 1.807) is 11.3 Å². The minimum absolute atomic E-state index is 0.187. The Balaban J connectivity index is 2.14. The van der Waals surface area contributed by atoms with Crippen molar-refractivity contribution >= 4 is 17.3 Å². The molecule has 3 nitrogen and oxygen atoms in total. The van der Waals surface area contributed by atoms with Gasteiger partial charge in [0.15, 0.2) is 0 Å². The molecular formula is C16H24O3S. The third-order valence-corrected chi connectivity index (χ3v) is 5.49. The van der Waals surface area contributed by atoms with Gasteiger partial charge in [0.2, 0.25) is 0 Å². The fourth-order valence-electron chi connectivity index (χ4n) is 3.58. The minimum atomic E-state index is -0.739. The maximum atomic E-state index is 11.2. The molecule has 4 heteroatoms. The molecule has 0 spiro atoms. The van der Waals surface area contributed by atoms with Gasteiger partial charge in [0.1, 0.15) is 0 Å². The number of rotatable bonds is 5. The molecule has 1 heterocycles. The molecule has 1 fully saturated rings. The summed E-state index contributed by atoms with van der Waals surface area (Å²) in [7, 11) is 0. The van der Waals surface area contributed by atoms with E-state index in [9.17, 15) is 15.0 Å². The largest absolute Gasteiger partial charge is 0.481 e. The van der Waals surface area contributed by atoms with Crippen LogP contribution in [0.2, 0.25) is 0 Å². The van der Waals surface area contributed by atoms with Gasteiger partial charge in [0.05, 0.1) is 12.5 Å². The summed E-state index contributed by atoms with van der Waals surface area (Å²) in [5.41, 5.74) is 0.772. The summed E-state index contributed by atoms with van der Waals surface area (Å²) in [6.07, 6.45) is 5.45. The van der Waals surface area contributed by atoms with E-state index in [0.29, 0.717) is 6.42 Å². The van der Waals surface area contributed by atoms with Crippen LogP contribution in [0.3, 0.4) is 0 Å². The number of aliphatic carboxylic acids is 1. The van der Waals surface area contributed by atoms with Crippen LogP contribution in [0.5, 0.6) is 0 Å². The van der Waals surface area contributed by atoms with Crippen LogP contribution in [0.15, 0.2) is 6.07 Å². The molecule has 1 aromatic rings. The number of aliphatic hydroxyl groups excluding tert-OH is 1. The SMILES string of the molecule is Cc1cc(C(O)CC2(CC(=O)O)CCCCC2)c(C)s1. The Bertz CT molecular complexity index is 472. The van der Waals surface area contributed by atoms with Gasteiger partial charge in [-0.15, -0.1) is 11.3 Å². The molecule has 1 unspecified atom stereocenters. The van der Waals surface area contributed by atoms with Gasteiger partial charge in [-0.05, 0) is 50.2 Å². The summed E-state index contributed by atoms with van der Waals surface area (Å²) in [5.74, 6) is -0.739. The molecule has 0 amide bonds. The van der Waals surface area contributed by atoms with Crippen molar-refractivity contribution in [2.45, 2.75) is 64.9 Å². The average molecular weight is 296 g/mol. The molecule has 20 heavy (non-hydrogen) atoms. The number of aryl methyl sites for hydroxylation is 2. The Morgan fingerprint density at radius 3 is 2.50 bits per heavy atom. The Hall–Kier alpha value is -0.870. The highest BCUT2D eigenvalue weighted by Gasteiger charge is 2.37. The van der Waals surface area contributed by atoms with E-state index in [1.807, 2.05) is 19.9 Å². The van der Waals surface area contributed by atoms with Gasteiger partial charge in [-0.1, -0.05) is 19.3 Å².